The molecular formula is C4H3F3IN3. The lowest BCUT2D eigenvalue weighted by Gasteiger charge is -2.03. The van der Waals surface area contributed by atoms with Gasteiger partial charge in [0.1, 0.15) is 9.26 Å². The lowest BCUT2D eigenvalue weighted by atomic mass is 10.3. The molecule has 1 aromatic rings. The molecule has 0 atom stereocenters. The number of nitrogen functional groups attached to an aromatic ring is 1. The number of H-pyrrole nitrogens is 1. The molecule has 1 aromatic heterocycles. The molecule has 1 rings (SSSR count). The number of aromatic amines is 1. The summed E-state index contributed by atoms with van der Waals surface area (Å²) < 4.78 is 35.9. The molecule has 0 aliphatic heterocycles. The van der Waals surface area contributed by atoms with Gasteiger partial charge in [-0.2, -0.15) is 18.3 Å². The van der Waals surface area contributed by atoms with Crippen LogP contribution in [0.3, 0.4) is 0 Å². The van der Waals surface area contributed by atoms with Crippen LogP contribution >= 0.6 is 22.6 Å². The summed E-state index contributed by atoms with van der Waals surface area (Å²) in [5, 5.41) is 5.34. The Labute approximate surface area is 73.3 Å². The van der Waals surface area contributed by atoms with Crippen LogP contribution in [-0.4, -0.2) is 10.2 Å². The van der Waals surface area contributed by atoms with E-state index in [1.807, 2.05) is 0 Å². The molecule has 3 N–H and O–H groups in total. The second kappa shape index (κ2) is 2.54. The molecular weight excluding hydrogens is 274 g/mol. The third kappa shape index (κ3) is 1.57. The number of halogens is 4. The zero-order valence-electron chi connectivity index (χ0n) is 5.04. The molecule has 0 unspecified atom stereocenters. The summed E-state index contributed by atoms with van der Waals surface area (Å²) in [5.41, 5.74) is 4.07. The van der Waals surface area contributed by atoms with E-state index in [2.05, 4.69) is 10.2 Å². The fourth-order valence-corrected chi connectivity index (χ4v) is 1.31. The summed E-state index contributed by atoms with van der Waals surface area (Å²) in [6, 6.07) is 0. The Morgan fingerprint density at radius 3 is 2.18 bits per heavy atom. The predicted octanol–water partition coefficient (Wildman–Crippen LogP) is 1.62. The highest BCUT2D eigenvalue weighted by molar-refractivity contribution is 14.1. The van der Waals surface area contributed by atoms with E-state index in [1.54, 1.807) is 0 Å². The van der Waals surface area contributed by atoms with Crippen LogP contribution < -0.4 is 5.73 Å². The summed E-state index contributed by atoms with van der Waals surface area (Å²) in [6.45, 7) is 0. The van der Waals surface area contributed by atoms with E-state index < -0.39 is 17.6 Å². The van der Waals surface area contributed by atoms with Gasteiger partial charge in [0, 0.05) is 0 Å². The molecule has 0 saturated heterocycles. The average molecular weight is 277 g/mol. The highest BCUT2D eigenvalue weighted by Crippen LogP contribution is 2.35. The van der Waals surface area contributed by atoms with Crippen molar-refractivity contribution in [3.8, 4) is 0 Å². The SMILES string of the molecule is Nc1n[nH]c(I)c1C(F)(F)F. The molecule has 3 nitrogen and oxygen atoms in total. The Bertz CT molecular complexity index is 247. The number of nitrogens with one attached hydrogen (secondary N) is 1. The maximum Gasteiger partial charge on any atom is 0.422 e. The van der Waals surface area contributed by atoms with Crippen molar-refractivity contribution < 1.29 is 13.2 Å². The summed E-state index contributed by atoms with van der Waals surface area (Å²) in [7, 11) is 0. The van der Waals surface area contributed by atoms with Gasteiger partial charge in [-0.1, -0.05) is 0 Å². The summed E-state index contributed by atoms with van der Waals surface area (Å²) in [6.07, 6.45) is -4.42. The summed E-state index contributed by atoms with van der Waals surface area (Å²) in [4.78, 5) is 0. The minimum atomic E-state index is -4.42. The standard InChI is InChI=1S/C4H3F3IN3/c5-4(6,7)1-2(8)10-11-3(1)9/h(H3,9,10,11). The fourth-order valence-electron chi connectivity index (χ4n) is 0.603. The van der Waals surface area contributed by atoms with Crippen LogP contribution in [0, 0.1) is 3.70 Å². The number of rotatable bonds is 0. The van der Waals surface area contributed by atoms with Gasteiger partial charge < -0.3 is 5.73 Å². The maximum atomic E-state index is 12.0. The Hall–Kier alpha value is -0.470. The van der Waals surface area contributed by atoms with E-state index >= 15 is 0 Å². The number of alkyl halides is 3. The largest absolute Gasteiger partial charge is 0.422 e. The molecule has 0 amide bonds. The smallest absolute Gasteiger partial charge is 0.382 e. The molecule has 0 fully saturated rings. The number of nitrogens with two attached hydrogens (primary N) is 1. The first kappa shape index (κ1) is 8.62. The van der Waals surface area contributed by atoms with Gasteiger partial charge in [-0.3, -0.25) is 5.10 Å². The first-order chi connectivity index (χ1) is 4.93. The van der Waals surface area contributed by atoms with E-state index in [4.69, 9.17) is 5.73 Å². The minimum Gasteiger partial charge on any atom is -0.382 e. The quantitative estimate of drug-likeness (QED) is 0.708. The number of anilines is 1. The van der Waals surface area contributed by atoms with Crippen LogP contribution in [0.4, 0.5) is 19.0 Å². The van der Waals surface area contributed by atoms with Crippen molar-refractivity contribution in [2.75, 3.05) is 5.73 Å². The topological polar surface area (TPSA) is 54.7 Å². The average Bonchev–Trinajstić information content (AvgIpc) is 2.08. The number of aromatic nitrogens is 2. The molecule has 0 spiro atoms. The first-order valence-electron chi connectivity index (χ1n) is 2.49. The summed E-state index contributed by atoms with van der Waals surface area (Å²) >= 11 is 1.49. The van der Waals surface area contributed by atoms with Crippen LogP contribution in [0.1, 0.15) is 5.56 Å². The number of hydrogen-bond acceptors (Lipinski definition) is 2. The Balaban J connectivity index is 3.21. The lowest BCUT2D eigenvalue weighted by Crippen LogP contribution is -2.08. The van der Waals surface area contributed by atoms with E-state index in [0.29, 0.717) is 0 Å². The third-order valence-electron chi connectivity index (χ3n) is 1.03. The molecule has 1 heterocycles. The molecule has 0 aliphatic rings. The normalized spacial score (nSPS) is 12.0. The molecule has 62 valence electrons. The van der Waals surface area contributed by atoms with Crippen molar-refractivity contribution in [3.05, 3.63) is 9.26 Å². The van der Waals surface area contributed by atoms with Gasteiger partial charge in [0.15, 0.2) is 5.82 Å². The fraction of sp³-hybridized carbons (Fsp3) is 0.250. The molecule has 0 bridgehead atoms. The highest BCUT2D eigenvalue weighted by Gasteiger charge is 2.37. The van der Waals surface area contributed by atoms with Crippen molar-refractivity contribution in [3.63, 3.8) is 0 Å². The zero-order valence-corrected chi connectivity index (χ0v) is 7.19. The van der Waals surface area contributed by atoms with Crippen molar-refractivity contribution in [2.45, 2.75) is 6.18 Å². The molecule has 0 saturated carbocycles. The van der Waals surface area contributed by atoms with Gasteiger partial charge in [0.25, 0.3) is 0 Å². The Morgan fingerprint density at radius 1 is 1.45 bits per heavy atom. The Morgan fingerprint density at radius 2 is 2.00 bits per heavy atom. The van der Waals surface area contributed by atoms with Crippen molar-refractivity contribution >= 4 is 28.4 Å². The van der Waals surface area contributed by atoms with E-state index in [1.165, 1.54) is 22.6 Å². The van der Waals surface area contributed by atoms with Gasteiger partial charge >= 0.3 is 6.18 Å². The minimum absolute atomic E-state index is 0.0902. The molecule has 0 aliphatic carbocycles. The predicted molar refractivity (Wildman–Crippen MR) is 40.7 cm³/mol. The van der Waals surface area contributed by atoms with E-state index in [0.717, 1.165) is 0 Å². The number of hydrogen-bond donors (Lipinski definition) is 2. The second-order valence-electron chi connectivity index (χ2n) is 1.80. The van der Waals surface area contributed by atoms with Crippen LogP contribution in [0.25, 0.3) is 0 Å². The molecule has 0 aromatic carbocycles. The molecule has 0 radical (unpaired) electrons. The summed E-state index contributed by atoms with van der Waals surface area (Å²) in [5.74, 6) is -0.512. The Kier molecular flexibility index (Phi) is 1.99. The van der Waals surface area contributed by atoms with Crippen molar-refractivity contribution in [1.29, 1.82) is 0 Å². The monoisotopic (exact) mass is 277 g/mol. The van der Waals surface area contributed by atoms with Gasteiger partial charge in [0.05, 0.1) is 0 Å². The van der Waals surface area contributed by atoms with Gasteiger partial charge in [-0.15, -0.1) is 0 Å². The second-order valence-corrected chi connectivity index (χ2v) is 2.87. The van der Waals surface area contributed by atoms with Gasteiger partial charge in [-0.25, -0.2) is 0 Å². The van der Waals surface area contributed by atoms with Crippen LogP contribution in [-0.2, 0) is 6.18 Å². The first-order valence-corrected chi connectivity index (χ1v) is 3.57. The maximum absolute atomic E-state index is 12.0. The van der Waals surface area contributed by atoms with E-state index in [9.17, 15) is 13.2 Å². The van der Waals surface area contributed by atoms with Crippen molar-refractivity contribution in [1.82, 2.24) is 10.2 Å². The van der Waals surface area contributed by atoms with Crippen LogP contribution in [0.15, 0.2) is 0 Å². The number of nitrogens with zero attached hydrogens (tertiary/aromatic N) is 1. The van der Waals surface area contributed by atoms with Crippen LogP contribution in [0.5, 0.6) is 0 Å². The van der Waals surface area contributed by atoms with Crippen molar-refractivity contribution in [2.24, 2.45) is 0 Å². The van der Waals surface area contributed by atoms with Gasteiger partial charge in [-0.05, 0) is 22.6 Å². The lowest BCUT2D eigenvalue weighted by molar-refractivity contribution is -0.137. The highest BCUT2D eigenvalue weighted by atomic mass is 127. The van der Waals surface area contributed by atoms with E-state index in [-0.39, 0.29) is 3.70 Å². The third-order valence-corrected chi connectivity index (χ3v) is 1.81. The molecule has 7 heteroatoms. The molecule has 11 heavy (non-hydrogen) atoms. The van der Waals surface area contributed by atoms with Crippen LogP contribution in [0.2, 0.25) is 0 Å². The zero-order chi connectivity index (χ0) is 8.65. The van der Waals surface area contributed by atoms with Gasteiger partial charge in [0.2, 0.25) is 0 Å².